The quantitative estimate of drug-likeness (QED) is 0.140. The summed E-state index contributed by atoms with van der Waals surface area (Å²) in [5.74, 6) is -0.621. The van der Waals surface area contributed by atoms with Gasteiger partial charge in [-0.15, -0.1) is 0 Å². The normalized spacial score (nSPS) is 21.2. The van der Waals surface area contributed by atoms with Crippen LogP contribution in [0.3, 0.4) is 0 Å². The van der Waals surface area contributed by atoms with Crippen molar-refractivity contribution in [2.24, 2.45) is 17.3 Å². The van der Waals surface area contributed by atoms with E-state index in [1.54, 1.807) is 24.3 Å². The first kappa shape index (κ1) is 35.8. The van der Waals surface area contributed by atoms with Gasteiger partial charge in [0.15, 0.2) is 0 Å². The smallest absolute Gasteiger partial charge is 0.428 e. The molecular weight excluding hydrogens is 604 g/mol. The Bertz CT molecular complexity index is 1220. The average Bonchev–Trinajstić information content (AvgIpc) is 3.07. The van der Waals surface area contributed by atoms with E-state index in [2.05, 4.69) is 37.5 Å². The number of carbonyl (C=O) groups is 4. The van der Waals surface area contributed by atoms with Crippen LogP contribution in [0.2, 0.25) is 0 Å². The third-order valence-electron chi connectivity index (χ3n) is 9.81. The Labute approximate surface area is 277 Å². The van der Waals surface area contributed by atoms with Gasteiger partial charge < -0.3 is 9.47 Å². The molecule has 0 N–H and O–H groups in total. The Hall–Kier alpha value is -4.08. The fourth-order valence-electron chi connectivity index (χ4n) is 6.93. The summed E-state index contributed by atoms with van der Waals surface area (Å²) in [7, 11) is 0. The fraction of sp³-hybridized carbons (Fsp3) is 0.568. The van der Waals surface area contributed by atoms with Crippen molar-refractivity contribution in [2.45, 2.75) is 117 Å². The van der Waals surface area contributed by atoms with Crippen molar-refractivity contribution in [1.29, 1.82) is 0 Å². The summed E-state index contributed by atoms with van der Waals surface area (Å²) in [4.78, 5) is 67.5. The molecular formula is C37H48O10. The van der Waals surface area contributed by atoms with Gasteiger partial charge >= 0.3 is 24.2 Å². The highest BCUT2D eigenvalue weighted by Crippen LogP contribution is 2.49. The average molecular weight is 653 g/mol. The molecule has 2 aliphatic rings. The van der Waals surface area contributed by atoms with Crippen molar-refractivity contribution in [3.8, 4) is 0 Å². The minimum absolute atomic E-state index is 0.0430. The molecule has 2 aliphatic carbocycles. The summed E-state index contributed by atoms with van der Waals surface area (Å²) in [5, 5.41) is 0. The van der Waals surface area contributed by atoms with Crippen LogP contribution in [0.4, 0.5) is 9.59 Å². The molecule has 4 rings (SSSR count). The highest BCUT2D eigenvalue weighted by Gasteiger charge is 2.41. The highest BCUT2D eigenvalue weighted by molar-refractivity contribution is 5.89. The third kappa shape index (κ3) is 10.5. The molecule has 0 heterocycles. The van der Waals surface area contributed by atoms with Crippen LogP contribution in [0.1, 0.15) is 124 Å². The molecule has 0 aromatic heterocycles. The predicted molar refractivity (Wildman–Crippen MR) is 172 cm³/mol. The van der Waals surface area contributed by atoms with E-state index in [4.69, 9.17) is 19.2 Å². The zero-order valence-corrected chi connectivity index (χ0v) is 28.0. The maximum Gasteiger partial charge on any atom is 0.550 e. The number of hydrogen-bond acceptors (Lipinski definition) is 10. The Morgan fingerprint density at radius 3 is 1.21 bits per heavy atom. The zero-order chi connectivity index (χ0) is 33.8. The molecule has 0 atom stereocenters. The van der Waals surface area contributed by atoms with Gasteiger partial charge in [0.25, 0.3) is 0 Å². The second kappa shape index (κ2) is 17.2. The van der Waals surface area contributed by atoms with Gasteiger partial charge in [-0.1, -0.05) is 64.8 Å². The Morgan fingerprint density at radius 2 is 0.894 bits per heavy atom. The van der Waals surface area contributed by atoms with Gasteiger partial charge in [0.1, 0.15) is 12.2 Å². The van der Waals surface area contributed by atoms with Crippen molar-refractivity contribution >= 4 is 24.2 Å². The van der Waals surface area contributed by atoms with Crippen LogP contribution in [-0.2, 0) is 41.9 Å². The third-order valence-corrected chi connectivity index (χ3v) is 9.81. The maximum atomic E-state index is 12.2. The molecule has 0 amide bonds. The molecule has 256 valence electrons. The first-order chi connectivity index (χ1) is 22.6. The van der Waals surface area contributed by atoms with E-state index in [0.29, 0.717) is 48.6 Å². The topological polar surface area (TPSA) is 124 Å². The number of benzene rings is 2. The minimum atomic E-state index is -1.02. The van der Waals surface area contributed by atoms with E-state index in [1.165, 1.54) is 0 Å². The SMILES string of the molecule is CCCc1ccc(C(=O)OOC(=O)OC2CCC(C(C)(C)C3CCC(OC(=O)OOC(=O)c4ccc(CCC)cc4)CC3)CC2)cc1. The Morgan fingerprint density at radius 1 is 0.553 bits per heavy atom. The van der Waals surface area contributed by atoms with Gasteiger partial charge in [-0.3, -0.25) is 0 Å². The summed E-state index contributed by atoms with van der Waals surface area (Å²) in [6.45, 7) is 8.74. The van der Waals surface area contributed by atoms with Gasteiger partial charge in [0.05, 0.1) is 11.1 Å². The van der Waals surface area contributed by atoms with Gasteiger partial charge in [0, 0.05) is 0 Å². The highest BCUT2D eigenvalue weighted by atomic mass is 17.2. The first-order valence-corrected chi connectivity index (χ1v) is 17.0. The van der Waals surface area contributed by atoms with Crippen molar-refractivity contribution in [3.63, 3.8) is 0 Å². The van der Waals surface area contributed by atoms with E-state index < -0.39 is 24.2 Å². The molecule has 0 radical (unpaired) electrons. The standard InChI is InChI=1S/C37H48O10/c1-5-7-25-9-13-27(14-10-25)33(38)44-46-35(40)42-31-21-17-29(18-22-31)37(3,4)30-19-23-32(24-20-30)43-36(41)47-45-34(39)28-15-11-26(8-6-2)12-16-28/h9-16,29-32H,5-8,17-24H2,1-4H3. The molecule has 0 bridgehead atoms. The lowest BCUT2D eigenvalue weighted by Gasteiger charge is -2.46. The molecule has 0 saturated heterocycles. The largest absolute Gasteiger partial charge is 0.550 e. The number of carbonyl (C=O) groups excluding carboxylic acids is 4. The molecule has 0 aliphatic heterocycles. The van der Waals surface area contributed by atoms with Crippen LogP contribution < -0.4 is 0 Å². The number of aryl methyl sites for hydroxylation is 2. The molecule has 47 heavy (non-hydrogen) atoms. The lowest BCUT2D eigenvalue weighted by molar-refractivity contribution is -0.209. The minimum Gasteiger partial charge on any atom is -0.428 e. The lowest BCUT2D eigenvalue weighted by Crippen LogP contribution is -2.39. The number of hydrogen-bond donors (Lipinski definition) is 0. The molecule has 2 fully saturated rings. The maximum absolute atomic E-state index is 12.2. The van der Waals surface area contributed by atoms with Gasteiger partial charge in [-0.25, -0.2) is 29.1 Å². The number of rotatable bonds is 10. The van der Waals surface area contributed by atoms with E-state index in [9.17, 15) is 19.2 Å². The predicted octanol–water partition coefficient (Wildman–Crippen LogP) is 8.89. The summed E-state index contributed by atoms with van der Waals surface area (Å²) < 4.78 is 10.9. The summed E-state index contributed by atoms with van der Waals surface area (Å²) >= 11 is 0. The van der Waals surface area contributed by atoms with Gasteiger partial charge in [0.2, 0.25) is 0 Å². The first-order valence-electron chi connectivity index (χ1n) is 17.0. The second-order valence-corrected chi connectivity index (χ2v) is 13.3. The lowest BCUT2D eigenvalue weighted by atomic mass is 9.60. The van der Waals surface area contributed by atoms with Gasteiger partial charge in [-0.05, 0) is 117 Å². The second-order valence-electron chi connectivity index (χ2n) is 13.3. The summed E-state index contributed by atoms with van der Waals surface area (Å²) in [6.07, 6.45) is 7.58. The zero-order valence-electron chi connectivity index (χ0n) is 28.0. The van der Waals surface area contributed by atoms with E-state index in [-0.39, 0.29) is 17.6 Å². The van der Waals surface area contributed by atoms with Crippen LogP contribution in [-0.4, -0.2) is 36.5 Å². The van der Waals surface area contributed by atoms with E-state index in [1.807, 2.05) is 24.3 Å². The molecule has 0 spiro atoms. The number of ether oxygens (including phenoxy) is 2. The molecule has 2 saturated carbocycles. The van der Waals surface area contributed by atoms with Crippen molar-refractivity contribution in [3.05, 3.63) is 70.8 Å². The van der Waals surface area contributed by atoms with Crippen LogP contribution in [0.5, 0.6) is 0 Å². The Balaban J connectivity index is 1.12. The van der Waals surface area contributed by atoms with Gasteiger partial charge in [-0.2, -0.15) is 9.59 Å². The molecule has 2 aromatic carbocycles. The molecule has 0 unspecified atom stereocenters. The van der Waals surface area contributed by atoms with Crippen LogP contribution in [0, 0.1) is 17.3 Å². The van der Waals surface area contributed by atoms with Crippen molar-refractivity contribution < 1.29 is 48.2 Å². The summed E-state index contributed by atoms with van der Waals surface area (Å²) in [5.41, 5.74) is 2.87. The van der Waals surface area contributed by atoms with E-state index in [0.717, 1.165) is 62.5 Å². The molecule has 2 aromatic rings. The van der Waals surface area contributed by atoms with E-state index >= 15 is 0 Å². The van der Waals surface area contributed by atoms with Crippen LogP contribution >= 0.6 is 0 Å². The Kier molecular flexibility index (Phi) is 13.1. The van der Waals surface area contributed by atoms with Crippen molar-refractivity contribution in [2.75, 3.05) is 0 Å². The van der Waals surface area contributed by atoms with Crippen LogP contribution in [0.25, 0.3) is 0 Å². The van der Waals surface area contributed by atoms with Crippen LogP contribution in [0.15, 0.2) is 48.5 Å². The van der Waals surface area contributed by atoms with Crippen molar-refractivity contribution in [1.82, 2.24) is 0 Å². The summed E-state index contributed by atoms with van der Waals surface area (Å²) in [6, 6.07) is 14.0. The fourth-order valence-corrected chi connectivity index (χ4v) is 6.93. The molecule has 10 heteroatoms. The monoisotopic (exact) mass is 652 g/mol. The molecule has 10 nitrogen and oxygen atoms in total.